The Morgan fingerprint density at radius 2 is 2.03 bits per heavy atom. The van der Waals surface area contributed by atoms with Crippen LogP contribution in [0.25, 0.3) is 0 Å². The number of anilines is 1. The van der Waals surface area contributed by atoms with Gasteiger partial charge in [-0.25, -0.2) is 4.98 Å². The molecular weight excluding hydrogens is 451 g/mol. The van der Waals surface area contributed by atoms with E-state index in [1.807, 2.05) is 0 Å². The third-order valence-corrected chi connectivity index (χ3v) is 5.50. The van der Waals surface area contributed by atoms with Crippen LogP contribution in [0.4, 0.5) is 19.0 Å². The lowest BCUT2D eigenvalue weighted by molar-refractivity contribution is -0.142. The minimum atomic E-state index is -4.64. The molecule has 7 nitrogen and oxygen atoms in total. The number of aromatic nitrogens is 1. The van der Waals surface area contributed by atoms with Crippen LogP contribution in [0, 0.1) is 5.92 Å². The van der Waals surface area contributed by atoms with Crippen LogP contribution in [-0.2, 0) is 22.2 Å². The van der Waals surface area contributed by atoms with Gasteiger partial charge in [-0.05, 0) is 36.1 Å². The maximum Gasteiger partial charge on any atom is 0.433 e. The van der Waals surface area contributed by atoms with E-state index >= 15 is 0 Å². The fourth-order valence-electron chi connectivity index (χ4n) is 3.77. The van der Waals surface area contributed by atoms with Gasteiger partial charge in [-0.1, -0.05) is 32.0 Å². The number of hydrogen-bond donors (Lipinski definition) is 2. The van der Waals surface area contributed by atoms with Crippen LogP contribution in [0.3, 0.4) is 0 Å². The summed E-state index contributed by atoms with van der Waals surface area (Å²) >= 11 is 0. The lowest BCUT2D eigenvalue weighted by Gasteiger charge is -2.29. The first kappa shape index (κ1) is 25.3. The Balaban J connectivity index is 1.82. The molecule has 2 aromatic rings. The Kier molecular flexibility index (Phi) is 8.01. The molecule has 1 unspecified atom stereocenters. The number of alkyl halides is 3. The maximum atomic E-state index is 13.2. The highest BCUT2D eigenvalue weighted by Crippen LogP contribution is 2.36. The second kappa shape index (κ2) is 10.8. The van der Waals surface area contributed by atoms with Crippen molar-refractivity contribution in [2.75, 3.05) is 25.0 Å². The molecule has 2 heterocycles. The summed E-state index contributed by atoms with van der Waals surface area (Å²) in [6, 6.07) is 8.19. The first-order valence-electron chi connectivity index (χ1n) is 11.1. The third kappa shape index (κ3) is 6.61. The molecule has 0 bridgehead atoms. The molecule has 0 aliphatic carbocycles. The highest BCUT2D eigenvalue weighted by molar-refractivity contribution is 5.81. The van der Waals surface area contributed by atoms with Crippen molar-refractivity contribution in [3.8, 4) is 5.75 Å². The number of fused-ring (bicyclic) bond motifs is 1. The molecule has 1 amide bonds. The highest BCUT2D eigenvalue weighted by Gasteiger charge is 2.36. The molecule has 1 aromatic carbocycles. The summed E-state index contributed by atoms with van der Waals surface area (Å²) in [5, 5.41) is 12.3. The molecule has 0 fully saturated rings. The number of carbonyl (C=O) groups excluding carboxylic acids is 1. The summed E-state index contributed by atoms with van der Waals surface area (Å²) in [6.07, 6.45) is -4.19. The highest BCUT2D eigenvalue weighted by atomic mass is 19.4. The van der Waals surface area contributed by atoms with Crippen molar-refractivity contribution in [1.29, 1.82) is 0 Å². The normalized spacial score (nSPS) is 15.9. The second-order valence-electron chi connectivity index (χ2n) is 8.61. The van der Waals surface area contributed by atoms with Gasteiger partial charge >= 0.3 is 12.1 Å². The summed E-state index contributed by atoms with van der Waals surface area (Å²) in [5.74, 6) is -0.426. The van der Waals surface area contributed by atoms with E-state index in [4.69, 9.17) is 4.74 Å². The van der Waals surface area contributed by atoms with Gasteiger partial charge in [0, 0.05) is 18.7 Å². The van der Waals surface area contributed by atoms with Crippen molar-refractivity contribution in [2.45, 2.75) is 45.3 Å². The van der Waals surface area contributed by atoms with Crippen molar-refractivity contribution < 1.29 is 32.6 Å². The molecule has 184 valence electrons. The largest absolute Gasteiger partial charge is 0.494 e. The number of nitrogens with zero attached hydrogens (tertiary/aromatic N) is 2. The minimum absolute atomic E-state index is 0.000889. The molecule has 0 saturated heterocycles. The zero-order valence-corrected chi connectivity index (χ0v) is 19.1. The number of rotatable bonds is 8. The number of pyridine rings is 1. The molecule has 3 rings (SSSR count). The molecule has 1 aliphatic rings. The molecule has 2 N–H and O–H groups in total. The van der Waals surface area contributed by atoms with Gasteiger partial charge in [-0.3, -0.25) is 9.59 Å². The molecule has 0 radical (unpaired) electrons. The second-order valence-corrected chi connectivity index (χ2v) is 8.61. The van der Waals surface area contributed by atoms with Gasteiger partial charge in [0.25, 0.3) is 0 Å². The van der Waals surface area contributed by atoms with E-state index in [2.05, 4.69) is 24.1 Å². The van der Waals surface area contributed by atoms with E-state index in [1.165, 1.54) is 11.0 Å². The molecule has 1 atom stereocenters. The van der Waals surface area contributed by atoms with E-state index in [0.29, 0.717) is 23.8 Å². The van der Waals surface area contributed by atoms with Gasteiger partial charge in [0.15, 0.2) is 0 Å². The number of amides is 1. The Morgan fingerprint density at radius 3 is 2.71 bits per heavy atom. The Hall–Kier alpha value is -3.30. The number of benzene rings is 1. The van der Waals surface area contributed by atoms with Crippen molar-refractivity contribution in [3.05, 3.63) is 53.2 Å². The van der Waals surface area contributed by atoms with Crippen molar-refractivity contribution in [3.63, 3.8) is 0 Å². The van der Waals surface area contributed by atoms with Crippen LogP contribution in [0.2, 0.25) is 0 Å². The lowest BCUT2D eigenvalue weighted by atomic mass is 10.0. The predicted octanol–water partition coefficient (Wildman–Crippen LogP) is 4.54. The van der Waals surface area contributed by atoms with Gasteiger partial charge < -0.3 is 20.1 Å². The summed E-state index contributed by atoms with van der Waals surface area (Å²) < 4.78 is 45.1. The topological polar surface area (TPSA) is 91.8 Å². The monoisotopic (exact) mass is 479 g/mol. The summed E-state index contributed by atoms with van der Waals surface area (Å²) in [6.45, 7) is 5.01. The lowest BCUT2D eigenvalue weighted by Crippen LogP contribution is -2.38. The summed E-state index contributed by atoms with van der Waals surface area (Å²) in [7, 11) is 0. The summed E-state index contributed by atoms with van der Waals surface area (Å²) in [4.78, 5) is 29.8. The Bertz CT molecular complexity index is 1030. The van der Waals surface area contributed by atoms with E-state index in [0.717, 1.165) is 12.5 Å². The van der Waals surface area contributed by atoms with E-state index < -0.39 is 30.3 Å². The Morgan fingerprint density at radius 1 is 1.26 bits per heavy atom. The zero-order valence-electron chi connectivity index (χ0n) is 19.1. The predicted molar refractivity (Wildman–Crippen MR) is 120 cm³/mol. The molecule has 10 heteroatoms. The zero-order chi connectivity index (χ0) is 24.9. The fraction of sp³-hybridized carbons (Fsp3) is 0.458. The number of carbonyl (C=O) groups is 2. The van der Waals surface area contributed by atoms with Gasteiger partial charge in [0.05, 0.1) is 25.5 Å². The smallest absolute Gasteiger partial charge is 0.433 e. The van der Waals surface area contributed by atoms with Crippen molar-refractivity contribution >= 4 is 17.7 Å². The van der Waals surface area contributed by atoms with Crippen molar-refractivity contribution in [2.24, 2.45) is 5.92 Å². The molecule has 1 aliphatic heterocycles. The van der Waals surface area contributed by atoms with E-state index in [-0.39, 0.29) is 36.8 Å². The number of aliphatic carboxylic acids is 1. The van der Waals surface area contributed by atoms with Crippen molar-refractivity contribution in [1.82, 2.24) is 9.88 Å². The third-order valence-electron chi connectivity index (χ3n) is 5.50. The maximum absolute atomic E-state index is 13.2. The van der Waals surface area contributed by atoms with Crippen LogP contribution in [0.5, 0.6) is 5.75 Å². The molecule has 34 heavy (non-hydrogen) atoms. The van der Waals surface area contributed by atoms with Crippen LogP contribution < -0.4 is 10.1 Å². The molecule has 0 spiro atoms. The van der Waals surface area contributed by atoms with Crippen LogP contribution in [-0.4, -0.2) is 46.6 Å². The Labute approximate surface area is 195 Å². The number of halogens is 3. The average Bonchev–Trinajstić information content (AvgIpc) is 2.92. The summed E-state index contributed by atoms with van der Waals surface area (Å²) in [5.41, 5.74) is -0.141. The average molecular weight is 479 g/mol. The number of carboxylic acids is 1. The first-order valence-corrected chi connectivity index (χ1v) is 11.1. The molecular formula is C24H28F3N3O4. The van der Waals surface area contributed by atoms with Gasteiger partial charge in [0.1, 0.15) is 17.3 Å². The van der Waals surface area contributed by atoms with Crippen LogP contribution >= 0.6 is 0 Å². The SMILES string of the molecule is CC(C)CCOc1cccc(CC(=O)N2CCNc3nc(C(F)(F)F)ccc3C2CC(=O)O)c1. The molecule has 0 saturated carbocycles. The van der Waals surface area contributed by atoms with E-state index in [1.54, 1.807) is 24.3 Å². The van der Waals surface area contributed by atoms with Gasteiger partial charge in [0.2, 0.25) is 5.91 Å². The van der Waals surface area contributed by atoms with Gasteiger partial charge in [-0.2, -0.15) is 13.2 Å². The quantitative estimate of drug-likeness (QED) is 0.578. The van der Waals surface area contributed by atoms with Crippen LogP contribution in [0.1, 0.15) is 49.6 Å². The molecule has 1 aromatic heterocycles. The number of ether oxygens (including phenoxy) is 1. The van der Waals surface area contributed by atoms with E-state index in [9.17, 15) is 27.9 Å². The van der Waals surface area contributed by atoms with Crippen LogP contribution in [0.15, 0.2) is 36.4 Å². The number of carboxylic acid groups (broad SMARTS) is 1. The number of nitrogens with one attached hydrogen (secondary N) is 1. The number of hydrogen-bond acceptors (Lipinski definition) is 5. The standard InChI is InChI=1S/C24H28F3N3O4/c1-15(2)8-11-34-17-5-3-4-16(12-17)13-21(31)30-10-9-28-23-18(19(30)14-22(32)33)6-7-20(29-23)24(25,26)27/h3-7,12,15,19H,8-11,13-14H2,1-2H3,(H,28,29)(H,32,33). The van der Waals surface area contributed by atoms with Gasteiger partial charge in [-0.15, -0.1) is 0 Å². The fourth-order valence-corrected chi connectivity index (χ4v) is 3.77. The first-order chi connectivity index (χ1) is 16.0. The minimum Gasteiger partial charge on any atom is -0.494 e.